The van der Waals surface area contributed by atoms with E-state index in [0.29, 0.717) is 0 Å². The molecule has 0 saturated carbocycles. The Hall–Kier alpha value is -0.750. The average Bonchev–Trinajstić information content (AvgIpc) is 2.45. The number of nitrogens with one attached hydrogen (secondary N) is 1. The van der Waals surface area contributed by atoms with Gasteiger partial charge >= 0.3 is 0 Å². The Morgan fingerprint density at radius 1 is 1.43 bits per heavy atom. The number of aliphatic hydroxyl groups is 4. The molecule has 1 heterocycles. The van der Waals surface area contributed by atoms with E-state index in [1.807, 2.05) is 0 Å². The van der Waals surface area contributed by atoms with Crippen LogP contribution in [-0.2, 0) is 14.3 Å². The van der Waals surface area contributed by atoms with E-state index in [1.54, 1.807) is 0 Å². The molecule has 0 radical (unpaired) electrons. The number of amides is 1. The summed E-state index contributed by atoms with van der Waals surface area (Å²) in [5.74, 6) is -4.36. The lowest BCUT2D eigenvalue weighted by Gasteiger charge is -2.45. The van der Waals surface area contributed by atoms with E-state index < -0.39 is 54.5 Å². The fourth-order valence-electron chi connectivity index (χ4n) is 2.10. The molecule has 10 heteroatoms. The van der Waals surface area contributed by atoms with Gasteiger partial charge in [-0.3, -0.25) is 9.59 Å². The van der Waals surface area contributed by atoms with Crippen LogP contribution in [0.4, 0.5) is 0 Å². The monoisotopic (exact) mass is 324 g/mol. The zero-order valence-corrected chi connectivity index (χ0v) is 12.2. The number of ketones is 1. The van der Waals surface area contributed by atoms with Gasteiger partial charge in [0, 0.05) is 12.7 Å². The summed E-state index contributed by atoms with van der Waals surface area (Å²) in [6, 6.07) is -2.86. The molecule has 0 aromatic carbocycles. The molecule has 1 aliphatic rings. The van der Waals surface area contributed by atoms with Crippen LogP contribution < -0.4 is 11.1 Å². The summed E-state index contributed by atoms with van der Waals surface area (Å²) in [6.07, 6.45) is -4.65. The van der Waals surface area contributed by atoms with Crippen LogP contribution in [-0.4, -0.2) is 80.7 Å². The zero-order valence-electron chi connectivity index (χ0n) is 11.3. The van der Waals surface area contributed by atoms with Gasteiger partial charge in [0.2, 0.25) is 17.5 Å². The smallest absolute Gasteiger partial charge is 0.247 e. The molecule has 1 unspecified atom stereocenters. The van der Waals surface area contributed by atoms with E-state index in [0.717, 1.165) is 0 Å². The quantitative estimate of drug-likeness (QED) is 0.253. The third-order valence-corrected chi connectivity index (χ3v) is 3.66. The van der Waals surface area contributed by atoms with Crippen LogP contribution in [0.3, 0.4) is 0 Å². The van der Waals surface area contributed by atoms with E-state index >= 15 is 0 Å². The van der Waals surface area contributed by atoms with Crippen LogP contribution in [0.2, 0.25) is 0 Å². The van der Waals surface area contributed by atoms with Crippen molar-refractivity contribution in [2.75, 3.05) is 12.4 Å². The first kappa shape index (κ1) is 18.3. The normalized spacial score (nSPS) is 37.9. The van der Waals surface area contributed by atoms with Crippen LogP contribution in [0.25, 0.3) is 0 Å². The summed E-state index contributed by atoms with van der Waals surface area (Å²) in [6.45, 7) is 0.427. The van der Waals surface area contributed by atoms with Crippen LogP contribution in [0.15, 0.2) is 0 Å². The van der Waals surface area contributed by atoms with Gasteiger partial charge in [-0.15, -0.1) is 0 Å². The van der Waals surface area contributed by atoms with E-state index in [-0.39, 0.29) is 5.75 Å². The maximum Gasteiger partial charge on any atom is 0.247 e. The molecule has 1 saturated heterocycles. The van der Waals surface area contributed by atoms with Crippen molar-refractivity contribution in [3.8, 4) is 0 Å². The topological polar surface area (TPSA) is 162 Å². The fourth-order valence-corrected chi connectivity index (χ4v) is 2.36. The highest BCUT2D eigenvalue weighted by molar-refractivity contribution is 7.80. The molecular formula is C11H20N2O7S. The number of rotatable bonds is 5. The van der Waals surface area contributed by atoms with Gasteiger partial charge in [0.1, 0.15) is 24.4 Å². The minimum absolute atomic E-state index is 0.140. The number of hydrogen-bond acceptors (Lipinski definition) is 9. The van der Waals surface area contributed by atoms with Gasteiger partial charge in [-0.05, 0) is 0 Å². The molecule has 1 rings (SSSR count). The number of nitrogens with two attached hydrogens (primary N) is 1. The summed E-state index contributed by atoms with van der Waals surface area (Å²) < 4.78 is 4.98. The summed E-state index contributed by atoms with van der Waals surface area (Å²) in [7, 11) is 0. The largest absolute Gasteiger partial charge is 0.394 e. The second-order valence-electron chi connectivity index (χ2n) is 4.84. The van der Waals surface area contributed by atoms with E-state index in [4.69, 9.17) is 15.6 Å². The van der Waals surface area contributed by atoms with E-state index in [2.05, 4.69) is 17.9 Å². The first-order valence-electron chi connectivity index (χ1n) is 6.24. The molecule has 7 N–H and O–H groups in total. The maximum atomic E-state index is 12.3. The van der Waals surface area contributed by atoms with Crippen LogP contribution in [0.5, 0.6) is 0 Å². The molecule has 0 aliphatic carbocycles. The molecule has 9 nitrogen and oxygen atoms in total. The zero-order chi connectivity index (χ0) is 16.4. The highest BCUT2D eigenvalue weighted by Crippen LogP contribution is 2.28. The Kier molecular flexibility index (Phi) is 6.11. The number of carbonyl (C=O) groups is 2. The number of thiol groups is 1. The second kappa shape index (κ2) is 7.01. The van der Waals surface area contributed by atoms with Crippen molar-refractivity contribution in [1.29, 1.82) is 0 Å². The van der Waals surface area contributed by atoms with Crippen molar-refractivity contribution in [2.24, 2.45) is 5.73 Å². The van der Waals surface area contributed by atoms with E-state index in [9.17, 15) is 24.9 Å². The molecule has 21 heavy (non-hydrogen) atoms. The lowest BCUT2D eigenvalue weighted by Crippen LogP contribution is -2.73. The summed E-state index contributed by atoms with van der Waals surface area (Å²) in [5.41, 5.74) is 5.56. The highest BCUT2D eigenvalue weighted by atomic mass is 32.1. The third-order valence-electron chi connectivity index (χ3n) is 3.29. The summed E-state index contributed by atoms with van der Waals surface area (Å²) >= 11 is 3.90. The van der Waals surface area contributed by atoms with Gasteiger partial charge in [-0.2, -0.15) is 12.6 Å². The predicted octanol–water partition coefficient (Wildman–Crippen LogP) is -3.88. The van der Waals surface area contributed by atoms with Gasteiger partial charge < -0.3 is 36.2 Å². The molecule has 0 spiro atoms. The SMILES string of the molecule is CC(=O)N[C@@H](CS)C(=O)C1(O)O[C@H](CO)[C@@H](O)[C@H](O)[C@H]1N. The minimum Gasteiger partial charge on any atom is -0.394 e. The van der Waals surface area contributed by atoms with Gasteiger partial charge in [-0.1, -0.05) is 0 Å². The van der Waals surface area contributed by atoms with Gasteiger partial charge in [0.05, 0.1) is 12.6 Å². The highest BCUT2D eigenvalue weighted by Gasteiger charge is 2.57. The predicted molar refractivity (Wildman–Crippen MR) is 73.4 cm³/mol. The number of ether oxygens (including phenoxy) is 1. The van der Waals surface area contributed by atoms with Crippen molar-refractivity contribution < 1.29 is 34.8 Å². The standard InChI is InChI=1S/C11H20N2O7S/c1-4(15)13-5(3-21)10(18)11(19)9(12)8(17)7(16)6(2-14)20-11/h5-9,14,16-17,19,21H,2-3,12H2,1H3,(H,13,15)/t5-,6+,7+,8-,9+,11?/m0/s1. The van der Waals surface area contributed by atoms with Gasteiger partial charge in [0.15, 0.2) is 0 Å². The summed E-state index contributed by atoms with van der Waals surface area (Å²) in [5, 5.41) is 41.1. The lowest BCUT2D eigenvalue weighted by atomic mass is 9.86. The van der Waals surface area contributed by atoms with Crippen molar-refractivity contribution in [1.82, 2.24) is 5.32 Å². The van der Waals surface area contributed by atoms with Gasteiger partial charge in [0.25, 0.3) is 0 Å². The summed E-state index contributed by atoms with van der Waals surface area (Å²) in [4.78, 5) is 23.4. The molecule has 0 aromatic rings. The van der Waals surface area contributed by atoms with Crippen molar-refractivity contribution in [2.45, 2.75) is 43.1 Å². The molecule has 1 aliphatic heterocycles. The average molecular weight is 324 g/mol. The Balaban J connectivity index is 3.05. The van der Waals surface area contributed by atoms with Crippen molar-refractivity contribution in [3.63, 3.8) is 0 Å². The Morgan fingerprint density at radius 2 is 2.00 bits per heavy atom. The molecule has 1 amide bonds. The first-order valence-corrected chi connectivity index (χ1v) is 6.87. The lowest BCUT2D eigenvalue weighted by molar-refractivity contribution is -0.298. The van der Waals surface area contributed by atoms with Crippen LogP contribution in [0.1, 0.15) is 6.92 Å². The molecule has 0 bridgehead atoms. The fraction of sp³-hybridized carbons (Fsp3) is 0.818. The first-order chi connectivity index (χ1) is 9.68. The number of Topliss-reactive ketones (excluding diaryl/α,β-unsaturated/α-hetero) is 1. The molecular weight excluding hydrogens is 304 g/mol. The van der Waals surface area contributed by atoms with Crippen LogP contribution >= 0.6 is 12.6 Å². The molecule has 0 aromatic heterocycles. The molecule has 1 fully saturated rings. The maximum absolute atomic E-state index is 12.3. The van der Waals surface area contributed by atoms with Gasteiger partial charge in [-0.25, -0.2) is 0 Å². The minimum atomic E-state index is -2.66. The Labute approximate surface area is 126 Å². The molecule has 122 valence electrons. The number of hydrogen-bond donors (Lipinski definition) is 7. The van der Waals surface area contributed by atoms with E-state index in [1.165, 1.54) is 6.92 Å². The van der Waals surface area contributed by atoms with Crippen LogP contribution in [0, 0.1) is 0 Å². The number of aliphatic hydroxyl groups excluding tert-OH is 3. The number of carbonyl (C=O) groups excluding carboxylic acids is 2. The van der Waals surface area contributed by atoms with Crippen molar-refractivity contribution >= 4 is 24.3 Å². The molecule has 6 atom stereocenters. The van der Waals surface area contributed by atoms with Crippen molar-refractivity contribution in [3.05, 3.63) is 0 Å². The Morgan fingerprint density at radius 3 is 2.43 bits per heavy atom. The Bertz CT molecular complexity index is 408. The third kappa shape index (κ3) is 3.54. The second-order valence-corrected chi connectivity index (χ2v) is 5.21.